The van der Waals surface area contributed by atoms with Crippen LogP contribution in [0.5, 0.6) is 0 Å². The average molecular weight is 155 g/mol. The van der Waals surface area contributed by atoms with Crippen molar-refractivity contribution < 1.29 is 9.18 Å². The molecule has 1 amide bonds. The summed E-state index contributed by atoms with van der Waals surface area (Å²) < 4.78 is 12.6. The number of nitrogens with one attached hydrogen (secondary N) is 1. The van der Waals surface area contributed by atoms with Crippen molar-refractivity contribution in [2.45, 2.75) is 6.92 Å². The first-order valence-electron chi connectivity index (χ1n) is 2.93. The molecule has 0 bridgehead atoms. The largest absolute Gasteiger partial charge is 0.308 e. The van der Waals surface area contributed by atoms with Gasteiger partial charge in [-0.1, -0.05) is 0 Å². The van der Waals surface area contributed by atoms with E-state index < -0.39 is 5.82 Å². The SMILES string of the molecule is CC(=O)Nc1ncncc1F. The lowest BCUT2D eigenvalue weighted by molar-refractivity contribution is -0.114. The van der Waals surface area contributed by atoms with Crippen LogP contribution in [-0.4, -0.2) is 15.9 Å². The molecule has 0 fully saturated rings. The van der Waals surface area contributed by atoms with Gasteiger partial charge in [0, 0.05) is 6.92 Å². The Morgan fingerprint density at radius 2 is 2.45 bits per heavy atom. The molecule has 1 aromatic rings. The number of anilines is 1. The van der Waals surface area contributed by atoms with E-state index >= 15 is 0 Å². The van der Waals surface area contributed by atoms with Crippen LogP contribution in [-0.2, 0) is 4.79 Å². The molecule has 5 heteroatoms. The van der Waals surface area contributed by atoms with Crippen LogP contribution in [0.25, 0.3) is 0 Å². The van der Waals surface area contributed by atoms with Gasteiger partial charge in [-0.25, -0.2) is 14.4 Å². The van der Waals surface area contributed by atoms with E-state index in [9.17, 15) is 9.18 Å². The molecule has 0 aliphatic rings. The number of hydrogen-bond donors (Lipinski definition) is 1. The third kappa shape index (κ3) is 1.96. The van der Waals surface area contributed by atoms with Crippen LogP contribution in [0.4, 0.5) is 10.2 Å². The lowest BCUT2D eigenvalue weighted by atomic mass is 10.5. The number of carbonyl (C=O) groups excluding carboxylic acids is 1. The molecule has 0 unspecified atom stereocenters. The molecule has 0 saturated heterocycles. The molecule has 1 heterocycles. The molecule has 11 heavy (non-hydrogen) atoms. The quantitative estimate of drug-likeness (QED) is 0.645. The number of nitrogens with zero attached hydrogens (tertiary/aromatic N) is 2. The first-order chi connectivity index (χ1) is 5.20. The highest BCUT2D eigenvalue weighted by atomic mass is 19.1. The number of rotatable bonds is 1. The van der Waals surface area contributed by atoms with E-state index in [1.807, 2.05) is 0 Å². The van der Waals surface area contributed by atoms with Crippen LogP contribution in [0.3, 0.4) is 0 Å². The maximum absolute atomic E-state index is 12.6. The number of amides is 1. The number of aromatic nitrogens is 2. The van der Waals surface area contributed by atoms with Gasteiger partial charge >= 0.3 is 0 Å². The fourth-order valence-corrected chi connectivity index (χ4v) is 0.571. The zero-order valence-corrected chi connectivity index (χ0v) is 5.84. The molecule has 4 nitrogen and oxygen atoms in total. The summed E-state index contributed by atoms with van der Waals surface area (Å²) >= 11 is 0. The van der Waals surface area contributed by atoms with Gasteiger partial charge in [-0.05, 0) is 0 Å². The van der Waals surface area contributed by atoms with E-state index in [0.29, 0.717) is 0 Å². The molecule has 0 aromatic carbocycles. The summed E-state index contributed by atoms with van der Waals surface area (Å²) in [6.45, 7) is 1.28. The Balaban J connectivity index is 2.86. The Morgan fingerprint density at radius 3 is 3.00 bits per heavy atom. The Hall–Kier alpha value is -1.52. The number of hydrogen-bond acceptors (Lipinski definition) is 3. The Bertz CT molecular complexity index is 276. The molecule has 0 radical (unpaired) electrons. The van der Waals surface area contributed by atoms with Gasteiger partial charge in [0.2, 0.25) is 5.91 Å². The molecule has 0 saturated carbocycles. The van der Waals surface area contributed by atoms with Crippen molar-refractivity contribution in [3.63, 3.8) is 0 Å². The Labute approximate surface area is 62.5 Å². The number of halogens is 1. The fraction of sp³-hybridized carbons (Fsp3) is 0.167. The van der Waals surface area contributed by atoms with Gasteiger partial charge < -0.3 is 5.32 Å². The second kappa shape index (κ2) is 3.05. The zero-order chi connectivity index (χ0) is 8.27. The monoisotopic (exact) mass is 155 g/mol. The Kier molecular flexibility index (Phi) is 2.10. The lowest BCUT2D eigenvalue weighted by Gasteiger charge is -1.99. The zero-order valence-electron chi connectivity index (χ0n) is 5.84. The smallest absolute Gasteiger partial charge is 0.222 e. The molecular formula is C6H6FN3O. The standard InChI is InChI=1S/C6H6FN3O/c1-4(11)10-6-5(7)2-8-3-9-6/h2-3H,1H3,(H,8,9,10,11). The van der Waals surface area contributed by atoms with E-state index in [-0.39, 0.29) is 11.7 Å². The highest BCUT2D eigenvalue weighted by Gasteiger charge is 2.02. The molecule has 1 N–H and O–H groups in total. The summed E-state index contributed by atoms with van der Waals surface area (Å²) in [7, 11) is 0. The molecular weight excluding hydrogens is 149 g/mol. The summed E-state index contributed by atoms with van der Waals surface area (Å²) in [5, 5.41) is 2.21. The van der Waals surface area contributed by atoms with Crippen LogP contribution in [0.15, 0.2) is 12.5 Å². The van der Waals surface area contributed by atoms with Gasteiger partial charge in [0.25, 0.3) is 0 Å². The van der Waals surface area contributed by atoms with Gasteiger partial charge in [-0.3, -0.25) is 4.79 Å². The van der Waals surface area contributed by atoms with Gasteiger partial charge in [-0.2, -0.15) is 0 Å². The third-order valence-corrected chi connectivity index (χ3v) is 0.962. The molecule has 1 aromatic heterocycles. The Morgan fingerprint density at radius 1 is 1.73 bits per heavy atom. The fourth-order valence-electron chi connectivity index (χ4n) is 0.571. The van der Waals surface area contributed by atoms with E-state index in [0.717, 1.165) is 12.5 Å². The second-order valence-corrected chi connectivity index (χ2v) is 1.90. The molecule has 1 rings (SSSR count). The predicted molar refractivity (Wildman–Crippen MR) is 36.3 cm³/mol. The van der Waals surface area contributed by atoms with Crippen LogP contribution in [0, 0.1) is 5.82 Å². The minimum absolute atomic E-state index is 0.0903. The summed E-state index contributed by atoms with van der Waals surface area (Å²) in [4.78, 5) is 17.3. The minimum atomic E-state index is -0.636. The normalized spacial score (nSPS) is 9.27. The second-order valence-electron chi connectivity index (χ2n) is 1.90. The number of carbonyl (C=O) groups is 1. The topological polar surface area (TPSA) is 54.9 Å². The predicted octanol–water partition coefficient (Wildman–Crippen LogP) is 0.574. The lowest BCUT2D eigenvalue weighted by Crippen LogP contribution is -2.09. The summed E-state index contributed by atoms with van der Waals surface area (Å²) in [6, 6.07) is 0. The van der Waals surface area contributed by atoms with Crippen molar-refractivity contribution in [2.75, 3.05) is 5.32 Å². The van der Waals surface area contributed by atoms with Gasteiger partial charge in [-0.15, -0.1) is 0 Å². The van der Waals surface area contributed by atoms with Crippen LogP contribution < -0.4 is 5.32 Å². The first-order valence-corrected chi connectivity index (χ1v) is 2.93. The van der Waals surface area contributed by atoms with E-state index in [1.54, 1.807) is 0 Å². The third-order valence-electron chi connectivity index (χ3n) is 0.962. The molecule has 0 aliphatic heterocycles. The van der Waals surface area contributed by atoms with E-state index in [2.05, 4.69) is 15.3 Å². The maximum Gasteiger partial charge on any atom is 0.222 e. The van der Waals surface area contributed by atoms with E-state index in [1.165, 1.54) is 6.92 Å². The summed E-state index contributed by atoms with van der Waals surface area (Å²) in [6.07, 6.45) is 2.15. The highest BCUT2D eigenvalue weighted by molar-refractivity contribution is 5.87. The molecule has 0 aliphatic carbocycles. The van der Waals surface area contributed by atoms with Crippen molar-refractivity contribution in [3.8, 4) is 0 Å². The summed E-state index contributed by atoms with van der Waals surface area (Å²) in [5.41, 5.74) is 0. The van der Waals surface area contributed by atoms with Gasteiger partial charge in [0.1, 0.15) is 6.33 Å². The molecule has 0 spiro atoms. The van der Waals surface area contributed by atoms with Crippen LogP contribution in [0.1, 0.15) is 6.92 Å². The maximum atomic E-state index is 12.6. The van der Waals surface area contributed by atoms with Crippen LogP contribution in [0.2, 0.25) is 0 Å². The van der Waals surface area contributed by atoms with Crippen molar-refractivity contribution in [1.82, 2.24) is 9.97 Å². The molecule has 0 atom stereocenters. The average Bonchev–Trinajstić information content (AvgIpc) is 1.93. The summed E-state index contributed by atoms with van der Waals surface area (Å²) in [5.74, 6) is -1.09. The van der Waals surface area contributed by atoms with Crippen molar-refractivity contribution >= 4 is 11.7 Å². The first kappa shape index (κ1) is 7.59. The van der Waals surface area contributed by atoms with Crippen LogP contribution >= 0.6 is 0 Å². The molecule has 58 valence electrons. The van der Waals surface area contributed by atoms with Crippen molar-refractivity contribution in [3.05, 3.63) is 18.3 Å². The van der Waals surface area contributed by atoms with Gasteiger partial charge in [0.05, 0.1) is 6.20 Å². The van der Waals surface area contributed by atoms with Crippen molar-refractivity contribution in [1.29, 1.82) is 0 Å². The highest BCUT2D eigenvalue weighted by Crippen LogP contribution is 2.05. The van der Waals surface area contributed by atoms with Gasteiger partial charge in [0.15, 0.2) is 11.6 Å². The minimum Gasteiger partial charge on any atom is -0.308 e. The van der Waals surface area contributed by atoms with Crippen molar-refractivity contribution in [2.24, 2.45) is 0 Å². The van der Waals surface area contributed by atoms with E-state index in [4.69, 9.17) is 0 Å².